The Balaban J connectivity index is 0.000000521. The minimum atomic E-state index is -0.141. The van der Waals surface area contributed by atoms with Gasteiger partial charge < -0.3 is 14.7 Å². The highest BCUT2D eigenvalue weighted by atomic mass is 35.5. The van der Waals surface area contributed by atoms with E-state index < -0.39 is 0 Å². The standard InChI is InChI=1S/C26H22O.C4H11NO.ClH/c1-5-13-21(14-6-1)25(22-15-7-2-8-16-22)27-26(23-17-9-3-10-18-23)24-19-11-4-12-20-24;1-5(2)3-4-6;/h1-20,25-26H;6H,3-4H2,1-2H3;1H. The lowest BCUT2D eigenvalue weighted by Crippen LogP contribution is -2.15. The molecule has 0 unspecified atom stereocenters. The molecule has 178 valence electrons. The Kier molecular flexibility index (Phi) is 12.1. The Morgan fingerprint density at radius 2 is 0.824 bits per heavy atom. The molecule has 0 radical (unpaired) electrons. The summed E-state index contributed by atoms with van der Waals surface area (Å²) in [5, 5.41) is 8.20. The van der Waals surface area contributed by atoms with Crippen molar-refractivity contribution in [1.29, 1.82) is 0 Å². The zero-order valence-electron chi connectivity index (χ0n) is 19.8. The van der Waals surface area contributed by atoms with Gasteiger partial charge in [0.25, 0.3) is 0 Å². The maximum Gasteiger partial charge on any atom is 0.109 e. The quantitative estimate of drug-likeness (QED) is 0.314. The van der Waals surface area contributed by atoms with Gasteiger partial charge in [0.15, 0.2) is 0 Å². The van der Waals surface area contributed by atoms with Crippen LogP contribution in [-0.2, 0) is 4.74 Å². The Hall–Kier alpha value is -2.95. The summed E-state index contributed by atoms with van der Waals surface area (Å²) in [6.07, 6.45) is -0.282. The molecule has 4 aromatic carbocycles. The monoisotopic (exact) mass is 475 g/mol. The highest BCUT2D eigenvalue weighted by molar-refractivity contribution is 5.85. The third-order valence-electron chi connectivity index (χ3n) is 5.23. The van der Waals surface area contributed by atoms with Crippen LogP contribution in [-0.4, -0.2) is 37.3 Å². The van der Waals surface area contributed by atoms with E-state index in [-0.39, 0.29) is 31.2 Å². The molecular formula is C30H34ClNO2. The summed E-state index contributed by atoms with van der Waals surface area (Å²) < 4.78 is 6.79. The van der Waals surface area contributed by atoms with Gasteiger partial charge in [-0.15, -0.1) is 12.4 Å². The summed E-state index contributed by atoms with van der Waals surface area (Å²) in [6, 6.07) is 41.7. The van der Waals surface area contributed by atoms with Crippen LogP contribution in [0.3, 0.4) is 0 Å². The van der Waals surface area contributed by atoms with E-state index in [9.17, 15) is 0 Å². The maximum atomic E-state index is 8.20. The van der Waals surface area contributed by atoms with Gasteiger partial charge in [-0.2, -0.15) is 0 Å². The predicted octanol–water partition coefficient (Wildman–Crippen LogP) is 6.54. The lowest BCUT2D eigenvalue weighted by atomic mass is 9.98. The summed E-state index contributed by atoms with van der Waals surface area (Å²) in [6.45, 7) is 1.02. The number of likely N-dealkylation sites (N-methyl/N-ethyl adjacent to an activating group) is 1. The molecule has 0 fully saturated rings. The summed E-state index contributed by atoms with van der Waals surface area (Å²) in [7, 11) is 3.85. The third kappa shape index (κ3) is 8.44. The Labute approximate surface area is 210 Å². The molecule has 4 heteroatoms. The van der Waals surface area contributed by atoms with E-state index in [4.69, 9.17) is 9.84 Å². The molecule has 0 atom stereocenters. The summed E-state index contributed by atoms with van der Waals surface area (Å²) in [5.74, 6) is 0. The van der Waals surface area contributed by atoms with Crippen molar-refractivity contribution >= 4 is 12.4 Å². The van der Waals surface area contributed by atoms with Crippen molar-refractivity contribution in [3.63, 3.8) is 0 Å². The molecule has 34 heavy (non-hydrogen) atoms. The highest BCUT2D eigenvalue weighted by Crippen LogP contribution is 2.35. The molecule has 0 bridgehead atoms. The van der Waals surface area contributed by atoms with E-state index in [1.165, 1.54) is 0 Å². The fourth-order valence-electron chi connectivity index (χ4n) is 3.55. The number of ether oxygens (including phenoxy) is 1. The molecule has 0 aromatic heterocycles. The van der Waals surface area contributed by atoms with Crippen LogP contribution in [0.15, 0.2) is 121 Å². The van der Waals surface area contributed by atoms with Crippen molar-refractivity contribution in [1.82, 2.24) is 4.90 Å². The predicted molar refractivity (Wildman–Crippen MR) is 143 cm³/mol. The molecule has 0 heterocycles. The Morgan fingerprint density at radius 1 is 0.559 bits per heavy atom. The lowest BCUT2D eigenvalue weighted by Gasteiger charge is -2.26. The summed E-state index contributed by atoms with van der Waals surface area (Å²) in [5.41, 5.74) is 4.61. The van der Waals surface area contributed by atoms with Gasteiger partial charge in [0.05, 0.1) is 6.61 Å². The zero-order valence-corrected chi connectivity index (χ0v) is 20.6. The van der Waals surface area contributed by atoms with Crippen molar-refractivity contribution < 1.29 is 9.84 Å². The molecule has 0 aliphatic rings. The van der Waals surface area contributed by atoms with E-state index in [0.717, 1.165) is 28.8 Å². The second-order valence-corrected chi connectivity index (χ2v) is 8.07. The number of hydrogen-bond acceptors (Lipinski definition) is 3. The summed E-state index contributed by atoms with van der Waals surface area (Å²) in [4.78, 5) is 1.93. The fourth-order valence-corrected chi connectivity index (χ4v) is 3.55. The van der Waals surface area contributed by atoms with Gasteiger partial charge in [0, 0.05) is 6.54 Å². The van der Waals surface area contributed by atoms with Crippen molar-refractivity contribution in [2.24, 2.45) is 0 Å². The van der Waals surface area contributed by atoms with Crippen molar-refractivity contribution in [3.05, 3.63) is 144 Å². The first kappa shape index (κ1) is 27.3. The minimum Gasteiger partial charge on any atom is -0.395 e. The molecule has 0 aliphatic heterocycles. The van der Waals surface area contributed by atoms with Crippen LogP contribution >= 0.6 is 12.4 Å². The smallest absolute Gasteiger partial charge is 0.109 e. The molecule has 4 rings (SSSR count). The van der Waals surface area contributed by atoms with Gasteiger partial charge >= 0.3 is 0 Å². The van der Waals surface area contributed by atoms with Crippen LogP contribution in [0, 0.1) is 0 Å². The number of halogens is 1. The van der Waals surface area contributed by atoms with Gasteiger partial charge in [-0.05, 0) is 36.3 Å². The second-order valence-electron chi connectivity index (χ2n) is 8.07. The van der Waals surface area contributed by atoms with E-state index in [0.29, 0.717) is 0 Å². The zero-order chi connectivity index (χ0) is 23.3. The van der Waals surface area contributed by atoms with Crippen molar-refractivity contribution in [2.75, 3.05) is 27.2 Å². The molecule has 0 saturated heterocycles. The van der Waals surface area contributed by atoms with Crippen LogP contribution < -0.4 is 0 Å². The topological polar surface area (TPSA) is 32.7 Å². The summed E-state index contributed by atoms with van der Waals surface area (Å²) >= 11 is 0. The van der Waals surface area contributed by atoms with Crippen LogP contribution in [0.4, 0.5) is 0 Å². The molecule has 0 spiro atoms. The van der Waals surface area contributed by atoms with Crippen LogP contribution in [0.2, 0.25) is 0 Å². The van der Waals surface area contributed by atoms with Crippen LogP contribution in [0.25, 0.3) is 0 Å². The van der Waals surface area contributed by atoms with Gasteiger partial charge in [0.2, 0.25) is 0 Å². The largest absolute Gasteiger partial charge is 0.395 e. The minimum absolute atomic E-state index is 0. The second kappa shape index (κ2) is 15.0. The first-order valence-electron chi connectivity index (χ1n) is 11.3. The molecule has 0 aliphatic carbocycles. The fraction of sp³-hybridized carbons (Fsp3) is 0.200. The number of aliphatic hydroxyl groups is 1. The third-order valence-corrected chi connectivity index (χ3v) is 5.23. The molecule has 4 aromatic rings. The van der Waals surface area contributed by atoms with Crippen LogP contribution in [0.5, 0.6) is 0 Å². The number of nitrogens with zero attached hydrogens (tertiary/aromatic N) is 1. The maximum absolute atomic E-state index is 8.20. The van der Waals surface area contributed by atoms with Crippen molar-refractivity contribution in [3.8, 4) is 0 Å². The van der Waals surface area contributed by atoms with Gasteiger partial charge in [-0.3, -0.25) is 0 Å². The van der Waals surface area contributed by atoms with E-state index in [1.54, 1.807) is 0 Å². The Bertz CT molecular complexity index is 868. The molecule has 3 nitrogen and oxygen atoms in total. The SMILES string of the molecule is CN(C)CCO.Cl.c1ccc(C(OC(c2ccccc2)c2ccccc2)c2ccccc2)cc1. The lowest BCUT2D eigenvalue weighted by molar-refractivity contribution is 0.0308. The average molecular weight is 476 g/mol. The van der Waals surface area contributed by atoms with Gasteiger partial charge in [-0.1, -0.05) is 121 Å². The first-order valence-corrected chi connectivity index (χ1v) is 11.3. The number of benzene rings is 4. The normalized spacial score (nSPS) is 10.5. The average Bonchev–Trinajstić information content (AvgIpc) is 2.87. The van der Waals surface area contributed by atoms with E-state index in [1.807, 2.05) is 43.3 Å². The van der Waals surface area contributed by atoms with Gasteiger partial charge in [-0.25, -0.2) is 0 Å². The molecule has 1 N–H and O–H groups in total. The Morgan fingerprint density at radius 3 is 1.00 bits per heavy atom. The highest BCUT2D eigenvalue weighted by Gasteiger charge is 2.22. The number of hydrogen-bond donors (Lipinski definition) is 1. The molecule has 0 saturated carbocycles. The van der Waals surface area contributed by atoms with E-state index >= 15 is 0 Å². The molecule has 0 amide bonds. The van der Waals surface area contributed by atoms with E-state index in [2.05, 4.69) is 97.1 Å². The van der Waals surface area contributed by atoms with Crippen molar-refractivity contribution in [2.45, 2.75) is 12.2 Å². The number of aliphatic hydroxyl groups excluding tert-OH is 1. The molecular weight excluding hydrogens is 442 g/mol. The number of rotatable bonds is 8. The van der Waals surface area contributed by atoms with Crippen LogP contribution in [0.1, 0.15) is 34.5 Å². The first-order chi connectivity index (χ1) is 16.2. The van der Waals surface area contributed by atoms with Gasteiger partial charge in [0.1, 0.15) is 12.2 Å².